The fourth-order valence-electron chi connectivity index (χ4n) is 0. The molecule has 0 spiro atoms. The summed E-state index contributed by atoms with van der Waals surface area (Å²) in [4.78, 5) is 0. The molecular weight excluding hydrogens is 127 g/mol. The molecule has 0 aliphatic carbocycles. The summed E-state index contributed by atoms with van der Waals surface area (Å²) in [5.41, 5.74) is 0. The van der Waals surface area contributed by atoms with Gasteiger partial charge in [-0.25, -0.2) is 0 Å². The summed E-state index contributed by atoms with van der Waals surface area (Å²) < 4.78 is 34.1. The molecule has 0 aromatic heterocycles. The molecule has 0 radical (unpaired) electrons. The van der Waals surface area contributed by atoms with Crippen LogP contribution in [0.25, 0.3) is 0 Å². The van der Waals surface area contributed by atoms with Gasteiger partial charge in [-0.3, -0.25) is 8.42 Å². The summed E-state index contributed by atoms with van der Waals surface area (Å²) in [6.07, 6.45) is 0. The van der Waals surface area contributed by atoms with Gasteiger partial charge in [0.25, 0.3) is 0 Å². The van der Waals surface area contributed by atoms with Gasteiger partial charge in [0.2, 0.25) is 0 Å². The van der Waals surface area contributed by atoms with Crippen LogP contribution in [-0.4, -0.2) is 40.6 Å². The Morgan fingerprint density at radius 1 is 1.14 bits per heavy atom. The van der Waals surface area contributed by atoms with Crippen molar-refractivity contribution in [3.63, 3.8) is 0 Å². The molecule has 0 heterocycles. The predicted octanol–water partition coefficient (Wildman–Crippen LogP) is -4.71. The van der Waals surface area contributed by atoms with E-state index in [1.165, 1.54) is 0 Å². The van der Waals surface area contributed by atoms with Crippen LogP contribution in [0.4, 0.5) is 0 Å². The van der Waals surface area contributed by atoms with Gasteiger partial charge in [0.15, 0.2) is 0 Å². The quantitative estimate of drug-likeness (QED) is 0.186. The van der Waals surface area contributed by atoms with E-state index < -0.39 is 10.4 Å². The third kappa shape index (κ3) is 130. The van der Waals surface area contributed by atoms with Gasteiger partial charge in [-0.05, 0) is 0 Å². The summed E-state index contributed by atoms with van der Waals surface area (Å²) in [5.74, 6) is 0. The molecule has 0 unspecified atom stereocenters. The zero-order valence-corrected chi connectivity index (χ0v) is 5.98. The van der Waals surface area contributed by atoms with E-state index in [1.54, 1.807) is 0 Å². The molecule has 0 rings (SSSR count). The molecule has 0 fully saturated rings. The fraction of sp³-hybridized carbons (Fsp3) is 0. The average Bonchev–Trinajstić information content (AvgIpc) is 0.722. The van der Waals surface area contributed by atoms with Gasteiger partial charge in [-0.2, -0.15) is 0 Å². The van der Waals surface area contributed by atoms with Crippen molar-refractivity contribution in [1.29, 1.82) is 0 Å². The van der Waals surface area contributed by atoms with Gasteiger partial charge in [0.05, 0.1) is 0 Å². The second-order valence-corrected chi connectivity index (χ2v) is 1.22. The minimum absolute atomic E-state index is 0. The summed E-state index contributed by atoms with van der Waals surface area (Å²) in [5, 5.41) is 0. The third-order valence-electron chi connectivity index (χ3n) is 0. The Bertz CT molecular complexity index is 94.9. The monoisotopic (exact) mass is 127 g/mol. The second kappa shape index (κ2) is 5.37. The van der Waals surface area contributed by atoms with Gasteiger partial charge >= 0.3 is 41.9 Å². The Morgan fingerprint density at radius 3 is 1.14 bits per heavy atom. The summed E-state index contributed by atoms with van der Waals surface area (Å²) in [7, 11) is -5.17. The first kappa shape index (κ1) is 15.7. The van der Waals surface area contributed by atoms with Crippen molar-refractivity contribution >= 4 is 33.5 Å². The van der Waals surface area contributed by atoms with E-state index in [0.29, 0.717) is 0 Å². The van der Waals surface area contributed by atoms with Crippen molar-refractivity contribution in [2.24, 2.45) is 0 Å². The topological polar surface area (TPSA) is 80.3 Å². The SMILES string of the molecule is O=S(=O)([O-])[O-].[Li+].[Mg+2]. The van der Waals surface area contributed by atoms with Gasteiger partial charge in [0, 0.05) is 10.4 Å². The van der Waals surface area contributed by atoms with Crippen LogP contribution in [-0.2, 0) is 10.4 Å². The normalized spacial score (nSPS) is 8.29. The first-order valence-corrected chi connectivity index (χ1v) is 2.00. The molecule has 32 valence electrons. The Balaban J connectivity index is -0.0000000800. The predicted molar refractivity (Wildman–Crippen MR) is 16.2 cm³/mol. The fourth-order valence-corrected chi connectivity index (χ4v) is 0. The summed E-state index contributed by atoms with van der Waals surface area (Å²) >= 11 is 0. The van der Waals surface area contributed by atoms with E-state index in [0.717, 1.165) is 0 Å². The Labute approximate surface area is 69.6 Å². The van der Waals surface area contributed by atoms with Crippen LogP contribution in [0, 0.1) is 0 Å². The van der Waals surface area contributed by atoms with E-state index in [9.17, 15) is 0 Å². The third-order valence-corrected chi connectivity index (χ3v) is 0. The van der Waals surface area contributed by atoms with Crippen LogP contribution in [0.3, 0.4) is 0 Å². The Kier molecular flexibility index (Phi) is 12.1. The smallest absolute Gasteiger partial charge is 0.759 e. The van der Waals surface area contributed by atoms with E-state index >= 15 is 0 Å². The largest absolute Gasteiger partial charge is 2.00 e. The molecule has 7 heteroatoms. The molecule has 7 heavy (non-hydrogen) atoms. The maximum Gasteiger partial charge on any atom is 2.00 e. The van der Waals surface area contributed by atoms with E-state index in [1.807, 2.05) is 0 Å². The van der Waals surface area contributed by atoms with Crippen molar-refractivity contribution in [1.82, 2.24) is 0 Å². The molecule has 0 saturated heterocycles. The van der Waals surface area contributed by atoms with E-state index in [2.05, 4.69) is 0 Å². The van der Waals surface area contributed by atoms with Crippen molar-refractivity contribution in [2.45, 2.75) is 0 Å². The molecule has 0 bridgehead atoms. The molecule has 0 atom stereocenters. The number of rotatable bonds is 0. The Morgan fingerprint density at radius 2 is 1.14 bits per heavy atom. The van der Waals surface area contributed by atoms with Gasteiger partial charge in [-0.1, -0.05) is 0 Å². The van der Waals surface area contributed by atoms with Gasteiger partial charge in [-0.15, -0.1) is 0 Å². The molecule has 0 amide bonds. The molecule has 0 aliphatic heterocycles. The van der Waals surface area contributed by atoms with Crippen molar-refractivity contribution in [3.8, 4) is 0 Å². The van der Waals surface area contributed by atoms with Crippen LogP contribution >= 0.6 is 0 Å². The molecule has 4 nitrogen and oxygen atoms in total. The minimum Gasteiger partial charge on any atom is -0.759 e. The van der Waals surface area contributed by atoms with Crippen LogP contribution in [0.1, 0.15) is 0 Å². The number of hydrogen-bond acceptors (Lipinski definition) is 4. The first-order chi connectivity index (χ1) is 2.00. The summed E-state index contributed by atoms with van der Waals surface area (Å²) in [6.45, 7) is 0. The van der Waals surface area contributed by atoms with Crippen molar-refractivity contribution < 1.29 is 36.4 Å². The standard InChI is InChI=1S/Li.Mg.H2O4S/c;;1-5(2,3)4/h;;(H2,1,2,3,4)/q+1;+2;/p-2. The van der Waals surface area contributed by atoms with Crippen LogP contribution < -0.4 is 18.9 Å². The zero-order valence-electron chi connectivity index (χ0n) is 3.75. The van der Waals surface area contributed by atoms with Crippen LogP contribution in [0.5, 0.6) is 0 Å². The first-order valence-electron chi connectivity index (χ1n) is 0.667. The minimum atomic E-state index is -5.17. The Hall–Kier alpha value is 1.23. The molecule has 0 aromatic carbocycles. The molecular formula is LiMgO4S+. The second-order valence-electron chi connectivity index (χ2n) is 0.408. The maximum atomic E-state index is 8.52. The summed E-state index contributed by atoms with van der Waals surface area (Å²) in [6, 6.07) is 0. The molecule has 0 N–H and O–H groups in total. The van der Waals surface area contributed by atoms with Gasteiger partial charge in [0.1, 0.15) is 0 Å². The maximum absolute atomic E-state index is 8.52. The molecule has 0 aromatic rings. The van der Waals surface area contributed by atoms with E-state index in [-0.39, 0.29) is 41.9 Å². The van der Waals surface area contributed by atoms with E-state index in [4.69, 9.17) is 17.5 Å². The average molecular weight is 127 g/mol. The van der Waals surface area contributed by atoms with Gasteiger partial charge < -0.3 is 9.11 Å². The number of hydrogen-bond donors (Lipinski definition) is 0. The van der Waals surface area contributed by atoms with Crippen LogP contribution in [0.15, 0.2) is 0 Å². The van der Waals surface area contributed by atoms with Crippen molar-refractivity contribution in [2.75, 3.05) is 0 Å². The van der Waals surface area contributed by atoms with Crippen molar-refractivity contribution in [3.05, 3.63) is 0 Å². The molecule has 0 aliphatic rings. The molecule has 0 saturated carbocycles. The van der Waals surface area contributed by atoms with Crippen LogP contribution in [0.2, 0.25) is 0 Å². The zero-order chi connectivity index (χ0) is 4.50.